The molecule has 1 unspecified atom stereocenters. The van der Waals surface area contributed by atoms with Crippen molar-refractivity contribution in [1.82, 2.24) is 9.62 Å². The Hall–Kier alpha value is -1.48. The van der Waals surface area contributed by atoms with E-state index < -0.39 is 22.1 Å². The van der Waals surface area contributed by atoms with E-state index in [0.717, 1.165) is 0 Å². The summed E-state index contributed by atoms with van der Waals surface area (Å²) in [5.41, 5.74) is 0.0292. The number of carboxylic acids is 1. The molecule has 0 saturated carbocycles. The van der Waals surface area contributed by atoms with Crippen LogP contribution in [-0.2, 0) is 10.0 Å². The average Bonchev–Trinajstić information content (AvgIpc) is 2.64. The van der Waals surface area contributed by atoms with Crippen LogP contribution in [-0.4, -0.2) is 61.2 Å². The van der Waals surface area contributed by atoms with Gasteiger partial charge in [0.1, 0.15) is 0 Å². The van der Waals surface area contributed by atoms with Gasteiger partial charge in [0.25, 0.3) is 0 Å². The Labute approximate surface area is 116 Å². The summed E-state index contributed by atoms with van der Waals surface area (Å²) >= 11 is 0. The minimum atomic E-state index is -3.72. The van der Waals surface area contributed by atoms with Crippen molar-refractivity contribution in [1.29, 1.82) is 0 Å². The van der Waals surface area contributed by atoms with E-state index in [1.54, 1.807) is 0 Å². The first-order valence-corrected chi connectivity index (χ1v) is 7.57. The second-order valence-electron chi connectivity index (χ2n) is 4.55. The summed E-state index contributed by atoms with van der Waals surface area (Å²) in [6.45, 7) is 1.10. The Bertz CT molecular complexity index is 584. The predicted octanol–water partition coefficient (Wildman–Crippen LogP) is -0.660. The van der Waals surface area contributed by atoms with Gasteiger partial charge in [0.2, 0.25) is 10.0 Å². The molecule has 0 aliphatic carbocycles. The Morgan fingerprint density at radius 3 is 2.55 bits per heavy atom. The lowest BCUT2D eigenvalue weighted by Gasteiger charge is -2.21. The fourth-order valence-corrected chi connectivity index (χ4v) is 3.48. The van der Waals surface area contributed by atoms with E-state index in [2.05, 4.69) is 5.32 Å². The van der Waals surface area contributed by atoms with Gasteiger partial charge in [0.05, 0.1) is 16.6 Å². The van der Waals surface area contributed by atoms with Crippen molar-refractivity contribution < 1.29 is 23.4 Å². The van der Waals surface area contributed by atoms with Crippen molar-refractivity contribution in [2.45, 2.75) is 11.0 Å². The highest BCUT2D eigenvalue weighted by Crippen LogP contribution is 2.17. The first kappa shape index (κ1) is 14.9. The monoisotopic (exact) mass is 300 g/mol. The molecule has 1 aliphatic heterocycles. The first-order valence-electron chi connectivity index (χ1n) is 6.13. The van der Waals surface area contributed by atoms with E-state index in [1.807, 2.05) is 0 Å². The molecule has 1 heterocycles. The zero-order valence-electron chi connectivity index (χ0n) is 10.7. The van der Waals surface area contributed by atoms with Crippen LogP contribution >= 0.6 is 0 Å². The number of aliphatic hydroxyl groups excluding tert-OH is 1. The fraction of sp³-hybridized carbons (Fsp3) is 0.417. The minimum absolute atomic E-state index is 0.0238. The average molecular weight is 300 g/mol. The first-order chi connectivity index (χ1) is 9.41. The van der Waals surface area contributed by atoms with Gasteiger partial charge in [-0.05, 0) is 24.3 Å². The molecule has 7 nitrogen and oxygen atoms in total. The number of sulfonamides is 1. The maximum absolute atomic E-state index is 12.4. The zero-order valence-corrected chi connectivity index (χ0v) is 11.5. The van der Waals surface area contributed by atoms with Gasteiger partial charge in [-0.15, -0.1) is 0 Å². The van der Waals surface area contributed by atoms with Crippen LogP contribution in [0.1, 0.15) is 10.4 Å². The summed E-state index contributed by atoms with van der Waals surface area (Å²) < 4.78 is 26.0. The molecule has 0 spiro atoms. The predicted molar refractivity (Wildman–Crippen MR) is 71.0 cm³/mol. The molecular weight excluding hydrogens is 284 g/mol. The number of aliphatic hydroxyl groups is 1. The molecule has 20 heavy (non-hydrogen) atoms. The second-order valence-corrected chi connectivity index (χ2v) is 6.49. The number of carbonyl (C=O) groups is 1. The third-order valence-electron chi connectivity index (χ3n) is 3.07. The largest absolute Gasteiger partial charge is 0.478 e. The number of hydrogen-bond donors (Lipinski definition) is 3. The topological polar surface area (TPSA) is 107 Å². The van der Waals surface area contributed by atoms with Crippen LogP contribution in [0, 0.1) is 0 Å². The number of aromatic carboxylic acids is 1. The van der Waals surface area contributed by atoms with Crippen molar-refractivity contribution >= 4 is 16.0 Å². The molecule has 1 fully saturated rings. The second kappa shape index (κ2) is 5.88. The summed E-state index contributed by atoms with van der Waals surface area (Å²) in [5, 5.41) is 21.4. The van der Waals surface area contributed by atoms with Gasteiger partial charge in [0.15, 0.2) is 0 Å². The van der Waals surface area contributed by atoms with Crippen LogP contribution < -0.4 is 5.32 Å². The zero-order chi connectivity index (χ0) is 14.8. The number of hydrogen-bond acceptors (Lipinski definition) is 5. The van der Waals surface area contributed by atoms with Crippen LogP contribution in [0.15, 0.2) is 29.2 Å². The highest BCUT2D eigenvalue weighted by atomic mass is 32.2. The number of rotatable bonds is 3. The standard InChI is InChI=1S/C12H16N2O5S/c15-10-7-13-5-6-14(8-10)20(18,19)11-3-1-9(2-4-11)12(16)17/h1-4,10,13,15H,5-8H2,(H,16,17). The molecular formula is C12H16N2O5S. The van der Waals surface area contributed by atoms with E-state index in [1.165, 1.54) is 28.6 Å². The Morgan fingerprint density at radius 1 is 1.30 bits per heavy atom. The number of carboxylic acid groups (broad SMARTS) is 1. The summed E-state index contributed by atoms with van der Waals surface area (Å²) in [6.07, 6.45) is -0.759. The van der Waals surface area contributed by atoms with Crippen LogP contribution in [0.5, 0.6) is 0 Å². The molecule has 0 amide bonds. The summed E-state index contributed by atoms with van der Waals surface area (Å²) in [6, 6.07) is 5.04. The number of benzene rings is 1. The normalized spacial score (nSPS) is 21.4. The van der Waals surface area contributed by atoms with Crippen molar-refractivity contribution in [3.8, 4) is 0 Å². The molecule has 1 aliphatic rings. The lowest BCUT2D eigenvalue weighted by atomic mass is 10.2. The quantitative estimate of drug-likeness (QED) is 0.684. The van der Waals surface area contributed by atoms with Crippen LogP contribution in [0.4, 0.5) is 0 Å². The van der Waals surface area contributed by atoms with Gasteiger partial charge >= 0.3 is 5.97 Å². The SMILES string of the molecule is O=C(O)c1ccc(S(=O)(=O)N2CCNCC(O)C2)cc1. The van der Waals surface area contributed by atoms with E-state index in [9.17, 15) is 18.3 Å². The van der Waals surface area contributed by atoms with Crippen LogP contribution in [0.25, 0.3) is 0 Å². The van der Waals surface area contributed by atoms with Gasteiger partial charge in [-0.1, -0.05) is 0 Å². The Kier molecular flexibility index (Phi) is 4.39. The van der Waals surface area contributed by atoms with Crippen LogP contribution in [0.2, 0.25) is 0 Å². The molecule has 1 atom stereocenters. The minimum Gasteiger partial charge on any atom is -0.478 e. The number of β-amino-alcohol motifs (C(OH)–C–C–N with tert-alkyl or cyclic N) is 1. The van der Waals surface area contributed by atoms with E-state index in [0.29, 0.717) is 13.1 Å². The maximum Gasteiger partial charge on any atom is 0.335 e. The molecule has 110 valence electrons. The molecule has 8 heteroatoms. The fourth-order valence-electron chi connectivity index (χ4n) is 2.00. The molecule has 0 aromatic heterocycles. The van der Waals surface area contributed by atoms with E-state index in [-0.39, 0.29) is 23.5 Å². The maximum atomic E-state index is 12.4. The smallest absolute Gasteiger partial charge is 0.335 e. The van der Waals surface area contributed by atoms with Crippen molar-refractivity contribution in [3.05, 3.63) is 29.8 Å². The molecule has 1 saturated heterocycles. The molecule has 3 N–H and O–H groups in total. The van der Waals surface area contributed by atoms with Gasteiger partial charge in [-0.3, -0.25) is 0 Å². The molecule has 2 rings (SSSR count). The van der Waals surface area contributed by atoms with Gasteiger partial charge < -0.3 is 15.5 Å². The lowest BCUT2D eigenvalue weighted by molar-refractivity contribution is 0.0696. The number of nitrogens with one attached hydrogen (secondary N) is 1. The van der Waals surface area contributed by atoms with E-state index >= 15 is 0 Å². The van der Waals surface area contributed by atoms with E-state index in [4.69, 9.17) is 5.11 Å². The molecule has 0 radical (unpaired) electrons. The third-order valence-corrected chi connectivity index (χ3v) is 4.95. The van der Waals surface area contributed by atoms with Crippen LogP contribution in [0.3, 0.4) is 0 Å². The van der Waals surface area contributed by atoms with Crippen molar-refractivity contribution in [2.75, 3.05) is 26.2 Å². The highest BCUT2D eigenvalue weighted by molar-refractivity contribution is 7.89. The molecule has 1 aromatic rings. The molecule has 1 aromatic carbocycles. The highest BCUT2D eigenvalue weighted by Gasteiger charge is 2.28. The molecule has 0 bridgehead atoms. The van der Waals surface area contributed by atoms with Crippen molar-refractivity contribution in [3.63, 3.8) is 0 Å². The lowest BCUT2D eigenvalue weighted by Crippen LogP contribution is -2.37. The Balaban J connectivity index is 2.26. The summed E-state index contributed by atoms with van der Waals surface area (Å²) in [4.78, 5) is 10.8. The summed E-state index contributed by atoms with van der Waals surface area (Å²) in [5.74, 6) is -1.11. The summed E-state index contributed by atoms with van der Waals surface area (Å²) in [7, 11) is -3.72. The van der Waals surface area contributed by atoms with Gasteiger partial charge in [-0.25, -0.2) is 13.2 Å². The third kappa shape index (κ3) is 3.15. The Morgan fingerprint density at radius 2 is 1.95 bits per heavy atom. The van der Waals surface area contributed by atoms with Crippen molar-refractivity contribution in [2.24, 2.45) is 0 Å². The van der Waals surface area contributed by atoms with Gasteiger partial charge in [-0.2, -0.15) is 4.31 Å². The van der Waals surface area contributed by atoms with Gasteiger partial charge in [0, 0.05) is 26.2 Å². The number of nitrogens with zero attached hydrogens (tertiary/aromatic N) is 1.